The van der Waals surface area contributed by atoms with Crippen LogP contribution in [0.1, 0.15) is 5.69 Å². The third-order valence-electron chi connectivity index (χ3n) is 6.37. The minimum atomic E-state index is -0.328. The molecule has 0 fully saturated rings. The van der Waals surface area contributed by atoms with Gasteiger partial charge in [0.15, 0.2) is 5.75 Å². The van der Waals surface area contributed by atoms with E-state index in [1.807, 2.05) is 54.6 Å². The standard InChI is InChI=1S/C32H26N6O5S/c39-30(34-27-14-5-6-15-28(27)43-24-10-2-1-3-11-24)19-37-18-23(35-36-37)21-42-25-12-8-9-22(17-25)33-31(40)20-38-32(41)26-13-4-7-16-29(26)44-38/h1-18H,19-21H2,(H,33,40)(H,34,39). The molecule has 0 aliphatic heterocycles. The summed E-state index contributed by atoms with van der Waals surface area (Å²) in [6.45, 7) is -0.0490. The number of hydrogen-bond donors (Lipinski definition) is 2. The predicted molar refractivity (Wildman–Crippen MR) is 167 cm³/mol. The van der Waals surface area contributed by atoms with E-state index in [4.69, 9.17) is 9.47 Å². The van der Waals surface area contributed by atoms with E-state index in [1.165, 1.54) is 20.2 Å². The lowest BCUT2D eigenvalue weighted by atomic mass is 10.3. The molecule has 44 heavy (non-hydrogen) atoms. The van der Waals surface area contributed by atoms with Crippen molar-refractivity contribution in [2.45, 2.75) is 19.7 Å². The quantitative estimate of drug-likeness (QED) is 0.205. The van der Waals surface area contributed by atoms with Crippen LogP contribution in [0.25, 0.3) is 10.1 Å². The molecule has 2 amide bonds. The number of rotatable bonds is 11. The molecule has 0 aliphatic carbocycles. The van der Waals surface area contributed by atoms with Crippen LogP contribution >= 0.6 is 11.5 Å². The number of benzene rings is 4. The number of nitrogens with one attached hydrogen (secondary N) is 2. The fourth-order valence-electron chi connectivity index (χ4n) is 4.37. The van der Waals surface area contributed by atoms with Crippen LogP contribution in [0.2, 0.25) is 0 Å². The average Bonchev–Trinajstić information content (AvgIpc) is 3.61. The molecule has 0 saturated heterocycles. The zero-order valence-electron chi connectivity index (χ0n) is 23.3. The number of ether oxygens (including phenoxy) is 2. The Morgan fingerprint density at radius 1 is 0.795 bits per heavy atom. The Morgan fingerprint density at radius 2 is 1.55 bits per heavy atom. The molecule has 6 aromatic rings. The molecule has 0 spiro atoms. The van der Waals surface area contributed by atoms with Gasteiger partial charge in [-0.2, -0.15) is 0 Å². The second-order valence-corrected chi connectivity index (χ2v) is 10.7. The molecule has 0 unspecified atom stereocenters. The van der Waals surface area contributed by atoms with Crippen LogP contribution in [-0.4, -0.2) is 30.8 Å². The van der Waals surface area contributed by atoms with Crippen LogP contribution in [0.5, 0.6) is 17.2 Å². The van der Waals surface area contributed by atoms with Crippen molar-refractivity contribution >= 4 is 44.8 Å². The Kier molecular flexibility index (Phi) is 8.41. The Bertz CT molecular complexity index is 1980. The van der Waals surface area contributed by atoms with Crippen LogP contribution in [0.15, 0.2) is 114 Å². The lowest BCUT2D eigenvalue weighted by molar-refractivity contribution is -0.117. The molecular weight excluding hydrogens is 580 g/mol. The lowest BCUT2D eigenvalue weighted by Crippen LogP contribution is -2.23. The minimum Gasteiger partial charge on any atom is -0.487 e. The molecule has 2 N–H and O–H groups in total. The van der Waals surface area contributed by atoms with Gasteiger partial charge in [0.1, 0.15) is 36.9 Å². The number of carbonyl (C=O) groups is 2. The van der Waals surface area contributed by atoms with E-state index < -0.39 is 0 Å². The van der Waals surface area contributed by atoms with Crippen LogP contribution in [-0.2, 0) is 29.3 Å². The Labute approximate surface area is 255 Å². The highest BCUT2D eigenvalue weighted by Gasteiger charge is 2.13. The highest BCUT2D eigenvalue weighted by Crippen LogP contribution is 2.29. The van der Waals surface area contributed by atoms with Crippen molar-refractivity contribution < 1.29 is 19.1 Å². The van der Waals surface area contributed by atoms with Crippen molar-refractivity contribution in [3.63, 3.8) is 0 Å². The van der Waals surface area contributed by atoms with Crippen LogP contribution in [0, 0.1) is 0 Å². The van der Waals surface area contributed by atoms with E-state index in [-0.39, 0.29) is 37.1 Å². The first-order valence-electron chi connectivity index (χ1n) is 13.6. The van der Waals surface area contributed by atoms with Gasteiger partial charge in [0, 0.05) is 11.8 Å². The van der Waals surface area contributed by atoms with E-state index in [2.05, 4.69) is 20.9 Å². The van der Waals surface area contributed by atoms with E-state index >= 15 is 0 Å². The van der Waals surface area contributed by atoms with Crippen LogP contribution < -0.4 is 25.7 Å². The van der Waals surface area contributed by atoms with Crippen LogP contribution in [0.3, 0.4) is 0 Å². The molecule has 12 heteroatoms. The van der Waals surface area contributed by atoms with Crippen molar-refractivity contribution in [2.75, 3.05) is 10.6 Å². The average molecular weight is 607 g/mol. The zero-order valence-corrected chi connectivity index (χ0v) is 24.1. The number of anilines is 2. The summed E-state index contributed by atoms with van der Waals surface area (Å²) >= 11 is 1.25. The first kappa shape index (κ1) is 28.4. The van der Waals surface area contributed by atoms with Gasteiger partial charge in [0.05, 0.1) is 22.0 Å². The summed E-state index contributed by atoms with van der Waals surface area (Å²) in [5.74, 6) is 1.06. The molecular formula is C32H26N6O5S. The number of aromatic nitrogens is 4. The van der Waals surface area contributed by atoms with Gasteiger partial charge in [-0.3, -0.25) is 18.3 Å². The summed E-state index contributed by atoms with van der Waals surface area (Å²) < 4.78 is 15.4. The molecule has 11 nitrogen and oxygen atoms in total. The Hall–Kier alpha value is -5.75. The van der Waals surface area contributed by atoms with Gasteiger partial charge in [-0.05, 0) is 48.5 Å². The monoisotopic (exact) mass is 606 g/mol. The minimum absolute atomic E-state index is 0.0585. The van der Waals surface area contributed by atoms with Gasteiger partial charge < -0.3 is 20.1 Å². The van der Waals surface area contributed by atoms with Crippen LogP contribution in [0.4, 0.5) is 11.4 Å². The lowest BCUT2D eigenvalue weighted by Gasteiger charge is -2.12. The number of fused-ring (bicyclic) bond motifs is 1. The second kappa shape index (κ2) is 13.0. The molecule has 0 saturated carbocycles. The molecule has 0 bridgehead atoms. The van der Waals surface area contributed by atoms with Gasteiger partial charge in [-0.15, -0.1) is 5.10 Å². The SMILES string of the molecule is O=C(Cn1sc2ccccc2c1=O)Nc1cccc(OCc2cn(CC(=O)Nc3ccccc3Oc3ccccc3)nn2)c1. The maximum atomic E-state index is 12.7. The fourth-order valence-corrected chi connectivity index (χ4v) is 5.36. The summed E-state index contributed by atoms with van der Waals surface area (Å²) in [5, 5.41) is 14.4. The number of carbonyl (C=O) groups excluding carboxylic acids is 2. The predicted octanol–water partition coefficient (Wildman–Crippen LogP) is 5.30. The van der Waals surface area contributed by atoms with Crippen molar-refractivity contribution in [2.24, 2.45) is 0 Å². The summed E-state index contributed by atoms with van der Waals surface area (Å²) in [7, 11) is 0. The van der Waals surface area contributed by atoms with Crippen molar-refractivity contribution in [3.8, 4) is 17.2 Å². The van der Waals surface area contributed by atoms with Gasteiger partial charge in [0.2, 0.25) is 11.8 Å². The summed E-state index contributed by atoms with van der Waals surface area (Å²) in [5.41, 5.74) is 1.39. The highest BCUT2D eigenvalue weighted by molar-refractivity contribution is 7.13. The van der Waals surface area contributed by atoms with Gasteiger partial charge in [0.25, 0.3) is 5.56 Å². The number of para-hydroxylation sites is 3. The summed E-state index contributed by atoms with van der Waals surface area (Å²) in [4.78, 5) is 37.9. The van der Waals surface area contributed by atoms with Crippen molar-refractivity contribution in [3.05, 3.63) is 125 Å². The number of nitrogens with zero attached hydrogens (tertiary/aromatic N) is 4. The molecule has 6 rings (SSSR count). The third-order valence-corrected chi connectivity index (χ3v) is 7.44. The third kappa shape index (κ3) is 6.99. The molecule has 4 aromatic carbocycles. The van der Waals surface area contributed by atoms with E-state index in [0.717, 1.165) is 4.70 Å². The number of hydrogen-bond acceptors (Lipinski definition) is 8. The van der Waals surface area contributed by atoms with E-state index in [1.54, 1.807) is 54.7 Å². The van der Waals surface area contributed by atoms with Gasteiger partial charge in [-0.1, -0.05) is 65.3 Å². The smallest absolute Gasteiger partial charge is 0.268 e. The maximum Gasteiger partial charge on any atom is 0.268 e. The van der Waals surface area contributed by atoms with E-state index in [9.17, 15) is 14.4 Å². The first-order chi connectivity index (χ1) is 21.5. The van der Waals surface area contributed by atoms with Gasteiger partial charge >= 0.3 is 0 Å². The molecule has 0 aliphatic rings. The zero-order chi connectivity index (χ0) is 30.3. The largest absolute Gasteiger partial charge is 0.487 e. The van der Waals surface area contributed by atoms with E-state index in [0.29, 0.717) is 39.7 Å². The fraction of sp³-hybridized carbons (Fsp3) is 0.0938. The Balaban J connectivity index is 1.01. The first-order valence-corrected chi connectivity index (χ1v) is 14.4. The highest BCUT2D eigenvalue weighted by atomic mass is 32.1. The van der Waals surface area contributed by atoms with Crippen molar-refractivity contribution in [1.29, 1.82) is 0 Å². The number of amides is 2. The second-order valence-electron chi connectivity index (χ2n) is 9.66. The molecule has 2 aromatic heterocycles. The normalized spacial score (nSPS) is 10.8. The Morgan fingerprint density at radius 3 is 2.41 bits per heavy atom. The van der Waals surface area contributed by atoms with Crippen molar-refractivity contribution in [1.82, 2.24) is 19.0 Å². The summed E-state index contributed by atoms with van der Waals surface area (Å²) in [6.07, 6.45) is 1.63. The maximum absolute atomic E-state index is 12.7. The molecule has 0 atom stereocenters. The molecule has 2 heterocycles. The van der Waals surface area contributed by atoms with Gasteiger partial charge in [-0.25, -0.2) is 4.68 Å². The summed E-state index contributed by atoms with van der Waals surface area (Å²) in [6, 6.07) is 30.7. The topological polar surface area (TPSA) is 129 Å². The molecule has 0 radical (unpaired) electrons. The molecule has 220 valence electrons.